The second kappa shape index (κ2) is 6.11. The summed E-state index contributed by atoms with van der Waals surface area (Å²) in [4.78, 5) is 28.4. The van der Waals surface area contributed by atoms with Crippen molar-refractivity contribution in [2.24, 2.45) is 0 Å². The maximum atomic E-state index is 12.6. The molecule has 2 aliphatic heterocycles. The van der Waals surface area contributed by atoms with E-state index in [1.807, 2.05) is 29.0 Å². The van der Waals surface area contributed by atoms with Crippen LogP contribution >= 0.6 is 0 Å². The van der Waals surface area contributed by atoms with E-state index in [4.69, 9.17) is 0 Å². The highest BCUT2D eigenvalue weighted by Crippen LogP contribution is 2.36. The number of benzene rings is 1. The minimum Gasteiger partial charge on any atom is -0.342 e. The molecule has 0 unspecified atom stereocenters. The van der Waals surface area contributed by atoms with Crippen LogP contribution in [0.3, 0.4) is 0 Å². The van der Waals surface area contributed by atoms with Crippen LogP contribution in [0.5, 0.6) is 0 Å². The molecule has 1 aromatic carbocycles. The van der Waals surface area contributed by atoms with Crippen molar-refractivity contribution in [3.8, 4) is 0 Å². The Bertz CT molecular complexity index is 592. The van der Waals surface area contributed by atoms with Gasteiger partial charge in [-0.15, -0.1) is 0 Å². The number of aryl methyl sites for hydroxylation is 2. The van der Waals surface area contributed by atoms with Crippen molar-refractivity contribution in [2.45, 2.75) is 45.4 Å². The average molecular weight is 300 g/mol. The van der Waals surface area contributed by atoms with Gasteiger partial charge in [0.2, 0.25) is 5.91 Å². The van der Waals surface area contributed by atoms with Gasteiger partial charge in [0.05, 0.1) is 5.69 Å². The second-order valence-corrected chi connectivity index (χ2v) is 6.37. The summed E-state index contributed by atoms with van der Waals surface area (Å²) < 4.78 is 0. The van der Waals surface area contributed by atoms with Crippen LogP contribution in [-0.2, 0) is 17.6 Å². The van der Waals surface area contributed by atoms with E-state index < -0.39 is 0 Å². The quantitative estimate of drug-likeness (QED) is 0.858. The molecular weight excluding hydrogens is 276 g/mol. The Morgan fingerprint density at radius 3 is 2.68 bits per heavy atom. The van der Waals surface area contributed by atoms with Gasteiger partial charge in [0.1, 0.15) is 0 Å². The van der Waals surface area contributed by atoms with Crippen LogP contribution in [0.1, 0.15) is 54.1 Å². The van der Waals surface area contributed by atoms with E-state index in [9.17, 15) is 9.59 Å². The lowest BCUT2D eigenvalue weighted by molar-refractivity contribution is -0.119. The van der Waals surface area contributed by atoms with Gasteiger partial charge in [-0.2, -0.15) is 0 Å². The Kier molecular flexibility index (Phi) is 4.19. The van der Waals surface area contributed by atoms with Gasteiger partial charge in [0, 0.05) is 32.1 Å². The lowest BCUT2D eigenvalue weighted by Gasteiger charge is -2.35. The molecule has 2 aliphatic rings. The van der Waals surface area contributed by atoms with Gasteiger partial charge in [-0.25, -0.2) is 0 Å². The summed E-state index contributed by atoms with van der Waals surface area (Å²) in [6, 6.07) is 4.02. The normalized spacial score (nSPS) is 16.5. The maximum Gasteiger partial charge on any atom is 0.253 e. The van der Waals surface area contributed by atoms with Gasteiger partial charge in [0.15, 0.2) is 0 Å². The summed E-state index contributed by atoms with van der Waals surface area (Å²) in [7, 11) is 1.87. The molecule has 118 valence electrons. The lowest BCUT2D eigenvalue weighted by atomic mass is 9.89. The predicted molar refractivity (Wildman–Crippen MR) is 87.3 cm³/mol. The number of amides is 2. The molecule has 2 amide bonds. The Morgan fingerprint density at radius 2 is 1.95 bits per heavy atom. The number of hydrogen-bond acceptors (Lipinski definition) is 2. The molecule has 0 N–H and O–H groups in total. The van der Waals surface area contributed by atoms with Crippen LogP contribution in [0.4, 0.5) is 5.69 Å². The number of nitrogens with zero attached hydrogens (tertiary/aromatic N) is 2. The monoisotopic (exact) mass is 300 g/mol. The molecule has 4 nitrogen and oxygen atoms in total. The maximum absolute atomic E-state index is 12.6. The fraction of sp³-hybridized carbons (Fsp3) is 0.556. The van der Waals surface area contributed by atoms with E-state index in [1.54, 1.807) is 0 Å². The van der Waals surface area contributed by atoms with Crippen LogP contribution in [0, 0.1) is 0 Å². The highest BCUT2D eigenvalue weighted by Gasteiger charge is 2.30. The molecule has 4 heteroatoms. The van der Waals surface area contributed by atoms with Crippen molar-refractivity contribution in [3.05, 3.63) is 28.8 Å². The summed E-state index contributed by atoms with van der Waals surface area (Å²) in [5.41, 5.74) is 4.21. The first-order chi connectivity index (χ1) is 10.6. The van der Waals surface area contributed by atoms with Crippen LogP contribution in [0.2, 0.25) is 0 Å². The standard InChI is InChI=1S/C18H24N2O2/c1-3-4-9-19(2)18(22)15-11-13-6-5-10-20-16(21)8-7-14(12-15)17(13)20/h11-12H,3-10H2,1-2H3. The van der Waals surface area contributed by atoms with E-state index in [1.165, 1.54) is 11.1 Å². The van der Waals surface area contributed by atoms with E-state index >= 15 is 0 Å². The molecule has 3 rings (SSSR count). The molecule has 0 spiro atoms. The van der Waals surface area contributed by atoms with E-state index in [2.05, 4.69) is 6.92 Å². The van der Waals surface area contributed by atoms with Crippen molar-refractivity contribution in [1.29, 1.82) is 0 Å². The van der Waals surface area contributed by atoms with Gasteiger partial charge < -0.3 is 9.80 Å². The SMILES string of the molecule is CCCCN(C)C(=O)c1cc2c3c(c1)CCC(=O)N3CCC2. The van der Waals surface area contributed by atoms with Crippen LogP contribution < -0.4 is 4.90 Å². The van der Waals surface area contributed by atoms with Gasteiger partial charge >= 0.3 is 0 Å². The van der Waals surface area contributed by atoms with E-state index in [0.29, 0.717) is 6.42 Å². The average Bonchev–Trinajstić information content (AvgIpc) is 2.55. The largest absolute Gasteiger partial charge is 0.342 e. The number of hydrogen-bond donors (Lipinski definition) is 0. The summed E-state index contributed by atoms with van der Waals surface area (Å²) in [5.74, 6) is 0.328. The second-order valence-electron chi connectivity index (χ2n) is 6.37. The molecule has 1 aromatic rings. The number of carbonyl (C=O) groups is 2. The Hall–Kier alpha value is -1.84. The molecule has 2 heterocycles. The van der Waals surface area contributed by atoms with Crippen LogP contribution in [-0.4, -0.2) is 36.9 Å². The predicted octanol–water partition coefficient (Wildman–Crippen LogP) is 2.78. The van der Waals surface area contributed by atoms with Crippen molar-refractivity contribution in [2.75, 3.05) is 25.0 Å². The summed E-state index contributed by atoms with van der Waals surface area (Å²) in [5, 5.41) is 0. The molecule has 0 saturated heterocycles. The first-order valence-corrected chi connectivity index (χ1v) is 8.33. The fourth-order valence-corrected chi connectivity index (χ4v) is 3.49. The van der Waals surface area contributed by atoms with Crippen LogP contribution in [0.25, 0.3) is 0 Å². The molecule has 22 heavy (non-hydrogen) atoms. The number of carbonyl (C=O) groups excluding carboxylic acids is 2. The molecular formula is C18H24N2O2. The van der Waals surface area contributed by atoms with E-state index in [0.717, 1.165) is 56.4 Å². The number of anilines is 1. The zero-order chi connectivity index (χ0) is 15.7. The highest BCUT2D eigenvalue weighted by atomic mass is 16.2. The molecule has 0 bridgehead atoms. The van der Waals surface area contributed by atoms with Crippen molar-refractivity contribution < 1.29 is 9.59 Å². The molecule has 0 aliphatic carbocycles. The third kappa shape index (κ3) is 2.62. The number of unbranched alkanes of at least 4 members (excludes halogenated alkanes) is 1. The molecule has 0 atom stereocenters. The van der Waals surface area contributed by atoms with Gasteiger partial charge in [-0.05, 0) is 48.9 Å². The summed E-state index contributed by atoms with van der Waals surface area (Å²) >= 11 is 0. The minimum atomic E-state index is 0.0986. The summed E-state index contributed by atoms with van der Waals surface area (Å²) in [6.07, 6.45) is 5.40. The summed E-state index contributed by atoms with van der Waals surface area (Å²) in [6.45, 7) is 3.75. The van der Waals surface area contributed by atoms with Crippen molar-refractivity contribution in [3.63, 3.8) is 0 Å². The zero-order valence-electron chi connectivity index (χ0n) is 13.5. The van der Waals surface area contributed by atoms with Crippen molar-refractivity contribution in [1.82, 2.24) is 4.90 Å². The third-order valence-electron chi connectivity index (χ3n) is 4.72. The molecule has 0 radical (unpaired) electrons. The van der Waals surface area contributed by atoms with Crippen LogP contribution in [0.15, 0.2) is 12.1 Å². The Morgan fingerprint density at radius 1 is 1.23 bits per heavy atom. The van der Waals surface area contributed by atoms with Gasteiger partial charge in [-0.3, -0.25) is 9.59 Å². The lowest BCUT2D eigenvalue weighted by Crippen LogP contribution is -2.39. The molecule has 0 fully saturated rings. The first-order valence-electron chi connectivity index (χ1n) is 8.33. The smallest absolute Gasteiger partial charge is 0.253 e. The first kappa shape index (κ1) is 15.1. The Labute approximate surface area is 132 Å². The van der Waals surface area contributed by atoms with Crippen molar-refractivity contribution >= 4 is 17.5 Å². The topological polar surface area (TPSA) is 40.6 Å². The van der Waals surface area contributed by atoms with Gasteiger partial charge in [0.25, 0.3) is 5.91 Å². The molecule has 0 aromatic heterocycles. The third-order valence-corrected chi connectivity index (χ3v) is 4.72. The minimum absolute atomic E-state index is 0.0986. The van der Waals surface area contributed by atoms with E-state index in [-0.39, 0.29) is 11.8 Å². The number of rotatable bonds is 4. The highest BCUT2D eigenvalue weighted by molar-refractivity contribution is 6.00. The Balaban J connectivity index is 1.92. The zero-order valence-corrected chi connectivity index (χ0v) is 13.5. The molecule has 0 saturated carbocycles. The van der Waals surface area contributed by atoms with Gasteiger partial charge in [-0.1, -0.05) is 13.3 Å². The fourth-order valence-electron chi connectivity index (χ4n) is 3.49.